The number of H-pyrrole nitrogens is 1. The van der Waals surface area contributed by atoms with Crippen LogP contribution in [-0.4, -0.2) is 22.1 Å². The van der Waals surface area contributed by atoms with Gasteiger partial charge in [-0.25, -0.2) is 4.39 Å². The topological polar surface area (TPSA) is 57.4 Å². The number of hydrogen-bond donors (Lipinski definition) is 2. The van der Waals surface area contributed by atoms with Gasteiger partial charge in [0.25, 0.3) is 5.56 Å². The van der Waals surface area contributed by atoms with E-state index in [4.69, 9.17) is 17.0 Å². The lowest BCUT2D eigenvalue weighted by atomic mass is 10.1. The smallest absolute Gasteiger partial charge is 0.253 e. The molecule has 0 aliphatic rings. The molecule has 0 spiro atoms. The van der Waals surface area contributed by atoms with E-state index in [0.29, 0.717) is 35.0 Å². The predicted octanol–water partition coefficient (Wildman–Crippen LogP) is 5.31. The van der Waals surface area contributed by atoms with Gasteiger partial charge in [-0.1, -0.05) is 42.5 Å². The Morgan fingerprint density at radius 1 is 1.06 bits per heavy atom. The molecular formula is C27H26FN3O2S. The zero-order valence-corrected chi connectivity index (χ0v) is 19.9. The summed E-state index contributed by atoms with van der Waals surface area (Å²) in [5.41, 5.74) is 3.08. The molecule has 2 N–H and O–H groups in total. The van der Waals surface area contributed by atoms with Crippen molar-refractivity contribution in [3.05, 3.63) is 112 Å². The molecule has 174 valence electrons. The van der Waals surface area contributed by atoms with E-state index in [-0.39, 0.29) is 17.4 Å². The van der Waals surface area contributed by atoms with Crippen molar-refractivity contribution in [2.24, 2.45) is 0 Å². The van der Waals surface area contributed by atoms with E-state index in [2.05, 4.69) is 10.3 Å². The van der Waals surface area contributed by atoms with E-state index in [1.54, 1.807) is 25.3 Å². The van der Waals surface area contributed by atoms with Crippen LogP contribution in [0.4, 0.5) is 4.39 Å². The van der Waals surface area contributed by atoms with Crippen molar-refractivity contribution in [1.29, 1.82) is 0 Å². The Morgan fingerprint density at radius 3 is 2.50 bits per heavy atom. The highest BCUT2D eigenvalue weighted by Crippen LogP contribution is 2.20. The van der Waals surface area contributed by atoms with E-state index in [1.165, 1.54) is 12.1 Å². The monoisotopic (exact) mass is 475 g/mol. The molecule has 0 aliphatic heterocycles. The molecule has 3 aromatic carbocycles. The number of halogens is 1. The summed E-state index contributed by atoms with van der Waals surface area (Å²) in [4.78, 5) is 17.8. The molecule has 0 radical (unpaired) electrons. The summed E-state index contributed by atoms with van der Waals surface area (Å²) in [5.74, 6) is 0.379. The minimum Gasteiger partial charge on any atom is -0.497 e. The second-order valence-corrected chi connectivity index (χ2v) is 8.53. The molecule has 0 saturated carbocycles. The number of fused-ring (bicyclic) bond motifs is 1. The first-order valence-electron chi connectivity index (χ1n) is 11.0. The SMILES string of the molecule is COc1ccc2cc(CN(Cc3ccc(F)cc3)C(=S)N[C@@H](C)c3ccccc3)c(=O)[nH]c2c1. The fourth-order valence-corrected chi connectivity index (χ4v) is 4.09. The summed E-state index contributed by atoms with van der Waals surface area (Å²) < 4.78 is 18.7. The number of benzene rings is 3. The first-order chi connectivity index (χ1) is 16.4. The number of nitrogens with one attached hydrogen (secondary N) is 2. The maximum atomic E-state index is 13.4. The fourth-order valence-electron chi connectivity index (χ4n) is 3.79. The second kappa shape index (κ2) is 10.5. The van der Waals surface area contributed by atoms with Gasteiger partial charge >= 0.3 is 0 Å². The third-order valence-corrected chi connectivity index (χ3v) is 6.08. The highest BCUT2D eigenvalue weighted by atomic mass is 32.1. The maximum Gasteiger partial charge on any atom is 0.253 e. The first kappa shape index (κ1) is 23.4. The van der Waals surface area contributed by atoms with Gasteiger partial charge in [0.15, 0.2) is 5.11 Å². The fraction of sp³-hybridized carbons (Fsp3) is 0.185. The average molecular weight is 476 g/mol. The normalized spacial score (nSPS) is 11.7. The predicted molar refractivity (Wildman–Crippen MR) is 137 cm³/mol. The van der Waals surface area contributed by atoms with Gasteiger partial charge in [0.05, 0.1) is 25.2 Å². The van der Waals surface area contributed by atoms with Crippen molar-refractivity contribution in [3.63, 3.8) is 0 Å². The first-order valence-corrected chi connectivity index (χ1v) is 11.4. The van der Waals surface area contributed by atoms with E-state index >= 15 is 0 Å². The number of hydrogen-bond acceptors (Lipinski definition) is 3. The molecule has 1 heterocycles. The molecular weight excluding hydrogens is 449 g/mol. The molecule has 0 saturated heterocycles. The van der Waals surface area contributed by atoms with Crippen LogP contribution in [0.2, 0.25) is 0 Å². The summed E-state index contributed by atoms with van der Waals surface area (Å²) >= 11 is 5.76. The van der Waals surface area contributed by atoms with E-state index in [0.717, 1.165) is 16.5 Å². The average Bonchev–Trinajstić information content (AvgIpc) is 2.85. The second-order valence-electron chi connectivity index (χ2n) is 8.14. The third kappa shape index (κ3) is 5.61. The van der Waals surface area contributed by atoms with Crippen LogP contribution < -0.4 is 15.6 Å². The number of pyridine rings is 1. The van der Waals surface area contributed by atoms with Gasteiger partial charge in [0.1, 0.15) is 11.6 Å². The molecule has 1 atom stereocenters. The van der Waals surface area contributed by atoms with Crippen LogP contribution in [-0.2, 0) is 13.1 Å². The lowest BCUT2D eigenvalue weighted by Gasteiger charge is -2.28. The minimum absolute atomic E-state index is 0.0215. The Balaban J connectivity index is 1.62. The lowest BCUT2D eigenvalue weighted by molar-refractivity contribution is 0.392. The van der Waals surface area contributed by atoms with Crippen LogP contribution in [0.5, 0.6) is 5.75 Å². The van der Waals surface area contributed by atoms with Crippen LogP contribution in [0.15, 0.2) is 83.7 Å². The van der Waals surface area contributed by atoms with Crippen LogP contribution in [0.3, 0.4) is 0 Å². The van der Waals surface area contributed by atoms with Gasteiger partial charge in [-0.15, -0.1) is 0 Å². The quantitative estimate of drug-likeness (QED) is 0.355. The summed E-state index contributed by atoms with van der Waals surface area (Å²) in [6, 6.07) is 23.7. The number of nitrogens with zero attached hydrogens (tertiary/aromatic N) is 1. The van der Waals surface area contributed by atoms with E-state index in [1.807, 2.05) is 60.4 Å². The van der Waals surface area contributed by atoms with Gasteiger partial charge in [-0.3, -0.25) is 4.79 Å². The standard InChI is InChI=1S/C27H26FN3O2S/c1-18(20-6-4-3-5-7-20)29-27(34)31(16-19-8-11-23(28)12-9-19)17-22-14-21-10-13-24(33-2)15-25(21)30-26(22)32/h3-15,18H,16-17H2,1-2H3,(H,29,34)(H,30,32)/t18-/m0/s1. The molecule has 1 aromatic heterocycles. The van der Waals surface area contributed by atoms with Crippen molar-refractivity contribution in [1.82, 2.24) is 15.2 Å². The molecule has 0 fully saturated rings. The van der Waals surface area contributed by atoms with Crippen LogP contribution >= 0.6 is 12.2 Å². The number of methoxy groups -OCH3 is 1. The van der Waals surface area contributed by atoms with Crippen LogP contribution in [0.1, 0.15) is 29.7 Å². The Hall–Kier alpha value is -3.71. The number of aromatic amines is 1. The number of rotatable bonds is 7. The summed E-state index contributed by atoms with van der Waals surface area (Å²) in [7, 11) is 1.59. The molecule has 7 heteroatoms. The summed E-state index contributed by atoms with van der Waals surface area (Å²) in [6.45, 7) is 2.75. The summed E-state index contributed by atoms with van der Waals surface area (Å²) in [6.07, 6.45) is 0. The maximum absolute atomic E-state index is 13.4. The molecule has 5 nitrogen and oxygen atoms in total. The molecule has 4 rings (SSSR count). The van der Waals surface area contributed by atoms with Gasteiger partial charge in [0.2, 0.25) is 0 Å². The molecule has 0 unspecified atom stereocenters. The van der Waals surface area contributed by atoms with Crippen molar-refractivity contribution in [3.8, 4) is 5.75 Å². The van der Waals surface area contributed by atoms with Crippen molar-refractivity contribution >= 4 is 28.2 Å². The largest absolute Gasteiger partial charge is 0.497 e. The Kier molecular flexibility index (Phi) is 7.23. The minimum atomic E-state index is -0.296. The zero-order valence-electron chi connectivity index (χ0n) is 19.0. The highest BCUT2D eigenvalue weighted by molar-refractivity contribution is 7.80. The number of thiocarbonyl (C=S) groups is 1. The Labute approximate surface area is 203 Å². The van der Waals surface area contributed by atoms with Gasteiger partial charge in [-0.05, 0) is 66.0 Å². The van der Waals surface area contributed by atoms with E-state index < -0.39 is 0 Å². The van der Waals surface area contributed by atoms with Gasteiger partial charge < -0.3 is 19.9 Å². The van der Waals surface area contributed by atoms with Crippen LogP contribution in [0.25, 0.3) is 10.9 Å². The van der Waals surface area contributed by atoms with Crippen molar-refractivity contribution in [2.75, 3.05) is 7.11 Å². The Bertz CT molecular complexity index is 1340. The van der Waals surface area contributed by atoms with Gasteiger partial charge in [-0.2, -0.15) is 0 Å². The van der Waals surface area contributed by atoms with Crippen LogP contribution in [0, 0.1) is 5.82 Å². The highest BCUT2D eigenvalue weighted by Gasteiger charge is 2.17. The molecule has 0 bridgehead atoms. The third-order valence-electron chi connectivity index (χ3n) is 5.70. The van der Waals surface area contributed by atoms with Gasteiger partial charge in [0, 0.05) is 18.2 Å². The molecule has 34 heavy (non-hydrogen) atoms. The van der Waals surface area contributed by atoms with Crippen molar-refractivity contribution in [2.45, 2.75) is 26.1 Å². The zero-order chi connectivity index (χ0) is 24.1. The Morgan fingerprint density at radius 2 is 1.79 bits per heavy atom. The molecule has 4 aromatic rings. The molecule has 0 aliphatic carbocycles. The number of ether oxygens (including phenoxy) is 1. The summed E-state index contributed by atoms with van der Waals surface area (Å²) in [5, 5.41) is 4.78. The molecule has 0 amide bonds. The number of aromatic nitrogens is 1. The van der Waals surface area contributed by atoms with Crippen molar-refractivity contribution < 1.29 is 9.13 Å². The lowest BCUT2D eigenvalue weighted by Crippen LogP contribution is -2.41. The van der Waals surface area contributed by atoms with E-state index in [9.17, 15) is 9.18 Å².